The molecule has 0 spiro atoms. The number of carbonyl (C=O) groups excluding carboxylic acids is 2. The van der Waals surface area contributed by atoms with Crippen molar-refractivity contribution in [1.29, 1.82) is 0 Å². The maximum absolute atomic E-state index is 13.1. The largest absolute Gasteiger partial charge is 0.507 e. The molecule has 0 saturated carbocycles. The highest BCUT2D eigenvalue weighted by Crippen LogP contribution is 2.40. The number of amides is 1. The highest BCUT2D eigenvalue weighted by atomic mass is 16.5. The van der Waals surface area contributed by atoms with E-state index < -0.39 is 17.7 Å². The summed E-state index contributed by atoms with van der Waals surface area (Å²) in [5, 5.41) is 11.2. The predicted octanol–water partition coefficient (Wildman–Crippen LogP) is 3.86. The zero-order valence-electron chi connectivity index (χ0n) is 19.0. The minimum Gasteiger partial charge on any atom is -0.507 e. The number of nitrogens with zero attached hydrogens (tertiary/aromatic N) is 1. The fourth-order valence-corrected chi connectivity index (χ4v) is 3.82. The van der Waals surface area contributed by atoms with Crippen LogP contribution < -0.4 is 9.47 Å². The van der Waals surface area contributed by atoms with Crippen molar-refractivity contribution in [2.75, 3.05) is 27.4 Å². The summed E-state index contributed by atoms with van der Waals surface area (Å²) in [6.07, 6.45) is -0.00370. The van der Waals surface area contributed by atoms with Crippen LogP contribution in [0.2, 0.25) is 0 Å². The molecule has 0 aliphatic carbocycles. The normalized spacial score (nSPS) is 17.8. The van der Waals surface area contributed by atoms with Crippen molar-refractivity contribution >= 4 is 17.4 Å². The minimum atomic E-state index is -0.728. The average Bonchev–Trinajstić information content (AvgIpc) is 3.02. The number of methoxy groups -OCH3 is 2. The maximum atomic E-state index is 13.1. The summed E-state index contributed by atoms with van der Waals surface area (Å²) in [6, 6.07) is 11.7. The van der Waals surface area contributed by atoms with Crippen LogP contribution in [0.5, 0.6) is 11.5 Å². The molecule has 1 fully saturated rings. The van der Waals surface area contributed by atoms with Gasteiger partial charge in [0.1, 0.15) is 5.76 Å². The van der Waals surface area contributed by atoms with Crippen molar-refractivity contribution in [1.82, 2.24) is 4.90 Å². The van der Waals surface area contributed by atoms with Crippen LogP contribution in [0.15, 0.2) is 48.0 Å². The number of ketones is 1. The number of carbonyl (C=O) groups is 2. The first-order valence-corrected chi connectivity index (χ1v) is 10.5. The summed E-state index contributed by atoms with van der Waals surface area (Å²) >= 11 is 0. The van der Waals surface area contributed by atoms with E-state index in [2.05, 4.69) is 0 Å². The maximum Gasteiger partial charge on any atom is 0.295 e. The molecular weight excluding hydrogens is 410 g/mol. The Morgan fingerprint density at radius 3 is 2.41 bits per heavy atom. The number of aliphatic hydroxyl groups excluding tert-OH is 1. The van der Waals surface area contributed by atoms with Gasteiger partial charge in [-0.25, -0.2) is 0 Å². The molecule has 1 aliphatic heterocycles. The number of hydrogen-bond donors (Lipinski definition) is 1. The lowest BCUT2D eigenvalue weighted by atomic mass is 9.94. The molecule has 1 amide bonds. The second kappa shape index (κ2) is 9.87. The summed E-state index contributed by atoms with van der Waals surface area (Å²) in [5.74, 6) is -0.754. The van der Waals surface area contributed by atoms with Gasteiger partial charge in [-0.3, -0.25) is 9.59 Å². The van der Waals surface area contributed by atoms with Crippen molar-refractivity contribution < 1.29 is 28.9 Å². The number of aliphatic hydroxyl groups is 1. The van der Waals surface area contributed by atoms with Crippen LogP contribution in [-0.4, -0.2) is 55.2 Å². The number of Topliss-reactive ketones (excluding diaryl/α,β-unsaturated/α-hetero) is 1. The van der Waals surface area contributed by atoms with Crippen LogP contribution in [0.4, 0.5) is 0 Å². The Hall–Kier alpha value is -3.32. The van der Waals surface area contributed by atoms with Crippen molar-refractivity contribution in [3.05, 3.63) is 64.7 Å². The first-order valence-electron chi connectivity index (χ1n) is 10.5. The summed E-state index contributed by atoms with van der Waals surface area (Å²) < 4.78 is 16.2. The molecule has 0 bridgehead atoms. The highest BCUT2D eigenvalue weighted by Gasteiger charge is 2.46. The third-order valence-corrected chi connectivity index (χ3v) is 5.34. The van der Waals surface area contributed by atoms with Gasteiger partial charge in [-0.2, -0.15) is 0 Å². The number of likely N-dealkylation sites (tertiary alicyclic amines) is 1. The summed E-state index contributed by atoms with van der Waals surface area (Å²) in [6.45, 7) is 6.26. The van der Waals surface area contributed by atoms with E-state index in [0.29, 0.717) is 17.1 Å². The zero-order chi connectivity index (χ0) is 23.4. The first kappa shape index (κ1) is 23.3. The number of rotatable bonds is 8. The van der Waals surface area contributed by atoms with Gasteiger partial charge in [0.2, 0.25) is 0 Å². The molecule has 2 aromatic carbocycles. The van der Waals surface area contributed by atoms with E-state index in [4.69, 9.17) is 14.2 Å². The molecule has 7 nitrogen and oxygen atoms in total. The Morgan fingerprint density at radius 1 is 1.06 bits per heavy atom. The van der Waals surface area contributed by atoms with Gasteiger partial charge >= 0.3 is 0 Å². The molecule has 1 heterocycles. The van der Waals surface area contributed by atoms with Crippen LogP contribution in [0.1, 0.15) is 36.6 Å². The second-order valence-corrected chi connectivity index (χ2v) is 7.90. The fraction of sp³-hybridized carbons (Fsp3) is 0.360. The lowest BCUT2D eigenvalue weighted by molar-refractivity contribution is -0.140. The number of aryl methyl sites for hydroxylation is 1. The van der Waals surface area contributed by atoms with Crippen molar-refractivity contribution in [3.8, 4) is 11.5 Å². The molecule has 1 saturated heterocycles. The van der Waals surface area contributed by atoms with Gasteiger partial charge < -0.3 is 24.2 Å². The van der Waals surface area contributed by atoms with E-state index in [1.54, 1.807) is 18.2 Å². The molecule has 3 rings (SSSR count). The lowest BCUT2D eigenvalue weighted by Gasteiger charge is -2.26. The monoisotopic (exact) mass is 439 g/mol. The fourth-order valence-electron chi connectivity index (χ4n) is 3.82. The molecule has 1 aliphatic rings. The third kappa shape index (κ3) is 4.62. The number of hydrogen-bond acceptors (Lipinski definition) is 6. The van der Waals surface area contributed by atoms with E-state index in [9.17, 15) is 14.7 Å². The Labute approximate surface area is 188 Å². The van der Waals surface area contributed by atoms with Crippen molar-refractivity contribution in [2.45, 2.75) is 32.9 Å². The SMILES string of the molecule is COc1ccc(/C(O)=C2/C(=O)C(=O)N(CCOC(C)C)C2c2cccc(C)c2)cc1OC. The Bertz CT molecular complexity index is 1040. The quantitative estimate of drug-likeness (QED) is 0.382. The van der Waals surface area contributed by atoms with Crippen LogP contribution in [0, 0.1) is 6.92 Å². The first-order chi connectivity index (χ1) is 15.3. The van der Waals surface area contributed by atoms with E-state index in [0.717, 1.165) is 11.1 Å². The molecule has 1 atom stereocenters. The molecule has 0 aromatic heterocycles. The molecule has 1 N–H and O–H groups in total. The molecule has 170 valence electrons. The van der Waals surface area contributed by atoms with Crippen LogP contribution in [-0.2, 0) is 14.3 Å². The van der Waals surface area contributed by atoms with Gasteiger partial charge in [-0.1, -0.05) is 29.8 Å². The molecule has 32 heavy (non-hydrogen) atoms. The molecule has 1 unspecified atom stereocenters. The third-order valence-electron chi connectivity index (χ3n) is 5.34. The topological polar surface area (TPSA) is 85.3 Å². The van der Waals surface area contributed by atoms with Gasteiger partial charge in [0, 0.05) is 12.1 Å². The lowest BCUT2D eigenvalue weighted by Crippen LogP contribution is -2.33. The van der Waals surface area contributed by atoms with Crippen LogP contribution in [0.25, 0.3) is 5.76 Å². The highest BCUT2D eigenvalue weighted by molar-refractivity contribution is 6.46. The van der Waals surface area contributed by atoms with Gasteiger partial charge in [-0.15, -0.1) is 0 Å². The van der Waals surface area contributed by atoms with E-state index in [1.807, 2.05) is 45.0 Å². The van der Waals surface area contributed by atoms with Crippen LogP contribution in [0.3, 0.4) is 0 Å². The van der Waals surface area contributed by atoms with Gasteiger partial charge in [0.05, 0.1) is 38.5 Å². The van der Waals surface area contributed by atoms with Gasteiger partial charge in [0.25, 0.3) is 11.7 Å². The van der Waals surface area contributed by atoms with Crippen LogP contribution >= 0.6 is 0 Å². The smallest absolute Gasteiger partial charge is 0.295 e. The van der Waals surface area contributed by atoms with E-state index in [1.165, 1.54) is 19.1 Å². The summed E-state index contributed by atoms with van der Waals surface area (Å²) in [7, 11) is 3.00. The number of benzene rings is 2. The van der Waals surface area contributed by atoms with E-state index in [-0.39, 0.29) is 30.6 Å². The van der Waals surface area contributed by atoms with Crippen molar-refractivity contribution in [2.24, 2.45) is 0 Å². The van der Waals surface area contributed by atoms with Gasteiger partial charge in [-0.05, 0) is 44.5 Å². The molecule has 7 heteroatoms. The van der Waals surface area contributed by atoms with Crippen molar-refractivity contribution in [3.63, 3.8) is 0 Å². The summed E-state index contributed by atoms with van der Waals surface area (Å²) in [5.41, 5.74) is 2.13. The number of ether oxygens (including phenoxy) is 3. The average molecular weight is 440 g/mol. The standard InChI is InChI=1S/C25H29NO6/c1-15(2)32-12-11-26-22(17-8-6-7-16(3)13-17)21(24(28)25(26)29)23(27)18-9-10-19(30-4)20(14-18)31-5/h6-10,13-15,22,27H,11-12H2,1-5H3/b23-21-. The molecule has 2 aromatic rings. The van der Waals surface area contributed by atoms with E-state index >= 15 is 0 Å². The zero-order valence-corrected chi connectivity index (χ0v) is 19.0. The second-order valence-electron chi connectivity index (χ2n) is 7.90. The minimum absolute atomic E-state index is 0.00370. The van der Waals surface area contributed by atoms with Gasteiger partial charge in [0.15, 0.2) is 11.5 Å². The molecular formula is C25H29NO6. The summed E-state index contributed by atoms with van der Waals surface area (Å²) in [4.78, 5) is 27.5. The molecule has 0 radical (unpaired) electrons. The Balaban J connectivity index is 2.12. The predicted molar refractivity (Wildman–Crippen MR) is 121 cm³/mol. The Morgan fingerprint density at radius 2 is 1.78 bits per heavy atom. The Kier molecular flexibility index (Phi) is 7.20.